The molecule has 0 bridgehead atoms. The standard InChI is InChI=1S/C22H24N4O4/c1-22(2,3)26(21(28)29)14-5-4-6-15(11-14)30-16-9-10-17-18(12-16)24-20(23-17)25-19(27)13-7-8-13/h4-6,9-13H,7-8H2,1-3H3,(H,28,29)(H2,23,24,25,27). The van der Waals surface area contributed by atoms with Crippen LogP contribution in [0.15, 0.2) is 42.5 Å². The topological polar surface area (TPSA) is 108 Å². The maximum absolute atomic E-state index is 11.9. The van der Waals surface area contributed by atoms with Crippen LogP contribution in [0.25, 0.3) is 11.0 Å². The van der Waals surface area contributed by atoms with Gasteiger partial charge in [0, 0.05) is 23.6 Å². The molecular weight excluding hydrogens is 384 g/mol. The van der Waals surface area contributed by atoms with Crippen molar-refractivity contribution in [1.29, 1.82) is 0 Å². The summed E-state index contributed by atoms with van der Waals surface area (Å²) in [4.78, 5) is 32.4. The summed E-state index contributed by atoms with van der Waals surface area (Å²) in [6.07, 6.45) is 0.828. The summed E-state index contributed by atoms with van der Waals surface area (Å²) >= 11 is 0. The molecule has 3 aromatic rings. The number of amides is 2. The molecule has 1 aliphatic carbocycles. The maximum atomic E-state index is 11.9. The van der Waals surface area contributed by atoms with Crippen LogP contribution in [0.2, 0.25) is 0 Å². The molecule has 2 aromatic carbocycles. The number of aromatic amines is 1. The number of hydrogen-bond donors (Lipinski definition) is 3. The molecule has 1 aliphatic rings. The molecule has 3 N–H and O–H groups in total. The molecule has 8 nitrogen and oxygen atoms in total. The van der Waals surface area contributed by atoms with E-state index in [1.807, 2.05) is 20.8 Å². The molecule has 0 unspecified atom stereocenters. The first kappa shape index (κ1) is 19.8. The van der Waals surface area contributed by atoms with Gasteiger partial charge in [-0.1, -0.05) is 6.07 Å². The lowest BCUT2D eigenvalue weighted by atomic mass is 10.1. The second kappa shape index (κ2) is 7.37. The average molecular weight is 408 g/mol. The molecule has 8 heteroatoms. The molecule has 0 saturated heterocycles. The van der Waals surface area contributed by atoms with Gasteiger partial charge < -0.3 is 14.8 Å². The Kier molecular flexibility index (Phi) is 4.85. The average Bonchev–Trinajstić information content (AvgIpc) is 3.42. The van der Waals surface area contributed by atoms with Gasteiger partial charge in [-0.2, -0.15) is 0 Å². The van der Waals surface area contributed by atoms with E-state index in [1.165, 1.54) is 4.90 Å². The Hall–Kier alpha value is -3.55. The molecule has 1 aromatic heterocycles. The van der Waals surface area contributed by atoms with Gasteiger partial charge in [0.2, 0.25) is 11.9 Å². The molecule has 0 atom stereocenters. The molecule has 2 amide bonds. The number of H-pyrrole nitrogens is 1. The molecule has 156 valence electrons. The van der Waals surface area contributed by atoms with Gasteiger partial charge in [0.05, 0.1) is 16.7 Å². The highest BCUT2D eigenvalue weighted by Crippen LogP contribution is 2.32. The lowest BCUT2D eigenvalue weighted by Gasteiger charge is -2.33. The highest BCUT2D eigenvalue weighted by molar-refractivity contribution is 5.94. The fourth-order valence-corrected chi connectivity index (χ4v) is 3.28. The van der Waals surface area contributed by atoms with Crippen LogP contribution in [0.1, 0.15) is 33.6 Å². The minimum absolute atomic E-state index is 0.0100. The van der Waals surface area contributed by atoms with Crippen molar-refractivity contribution in [1.82, 2.24) is 9.97 Å². The number of aromatic nitrogens is 2. The predicted octanol–water partition coefficient (Wildman–Crippen LogP) is 4.99. The van der Waals surface area contributed by atoms with E-state index in [4.69, 9.17) is 4.74 Å². The summed E-state index contributed by atoms with van der Waals surface area (Å²) in [6, 6.07) is 12.3. The summed E-state index contributed by atoms with van der Waals surface area (Å²) in [5.41, 5.74) is 1.38. The van der Waals surface area contributed by atoms with Gasteiger partial charge in [-0.25, -0.2) is 9.78 Å². The van der Waals surface area contributed by atoms with Gasteiger partial charge in [0.15, 0.2) is 0 Å². The highest BCUT2D eigenvalue weighted by Gasteiger charge is 2.30. The van der Waals surface area contributed by atoms with Crippen molar-refractivity contribution in [3.05, 3.63) is 42.5 Å². The Bertz CT molecular complexity index is 1110. The SMILES string of the molecule is CC(C)(C)N(C(=O)O)c1cccc(Oc2ccc3nc(NC(=O)C4CC4)[nH]c3c2)c1. The third-order valence-corrected chi connectivity index (χ3v) is 4.82. The number of benzene rings is 2. The number of nitrogens with one attached hydrogen (secondary N) is 2. The number of rotatable bonds is 5. The first-order valence-corrected chi connectivity index (χ1v) is 9.82. The van der Waals surface area contributed by atoms with Crippen molar-refractivity contribution in [2.45, 2.75) is 39.2 Å². The van der Waals surface area contributed by atoms with E-state index in [0.29, 0.717) is 28.7 Å². The second-order valence-corrected chi connectivity index (χ2v) is 8.42. The van der Waals surface area contributed by atoms with E-state index >= 15 is 0 Å². The number of ether oxygens (including phenoxy) is 1. The molecule has 1 saturated carbocycles. The van der Waals surface area contributed by atoms with Crippen molar-refractivity contribution in [2.24, 2.45) is 5.92 Å². The Labute approximate surface area is 173 Å². The predicted molar refractivity (Wildman–Crippen MR) is 114 cm³/mol. The van der Waals surface area contributed by atoms with Crippen molar-refractivity contribution in [2.75, 3.05) is 10.2 Å². The minimum atomic E-state index is -1.03. The number of imidazole rings is 1. The number of carboxylic acid groups (broad SMARTS) is 1. The monoisotopic (exact) mass is 408 g/mol. The van der Waals surface area contributed by atoms with E-state index in [0.717, 1.165) is 18.4 Å². The van der Waals surface area contributed by atoms with Crippen LogP contribution < -0.4 is 15.0 Å². The molecule has 30 heavy (non-hydrogen) atoms. The molecule has 0 aliphatic heterocycles. The zero-order chi connectivity index (χ0) is 21.5. The number of anilines is 2. The number of carbonyl (C=O) groups excluding carboxylic acids is 1. The fourth-order valence-electron chi connectivity index (χ4n) is 3.28. The Balaban J connectivity index is 1.55. The molecule has 1 fully saturated rings. The molecule has 4 rings (SSSR count). The minimum Gasteiger partial charge on any atom is -0.465 e. The highest BCUT2D eigenvalue weighted by atomic mass is 16.5. The van der Waals surface area contributed by atoms with E-state index in [2.05, 4.69) is 15.3 Å². The third kappa shape index (κ3) is 4.22. The Morgan fingerprint density at radius 2 is 1.90 bits per heavy atom. The Morgan fingerprint density at radius 1 is 1.17 bits per heavy atom. The van der Waals surface area contributed by atoms with Gasteiger partial charge in [-0.15, -0.1) is 0 Å². The van der Waals surface area contributed by atoms with E-state index < -0.39 is 11.6 Å². The molecule has 0 spiro atoms. The summed E-state index contributed by atoms with van der Waals surface area (Å²) in [5, 5.41) is 12.4. The molecule has 1 heterocycles. The second-order valence-electron chi connectivity index (χ2n) is 8.42. The van der Waals surface area contributed by atoms with Gasteiger partial charge in [-0.3, -0.25) is 15.0 Å². The van der Waals surface area contributed by atoms with Crippen molar-refractivity contribution in [3.8, 4) is 11.5 Å². The van der Waals surface area contributed by atoms with Gasteiger partial charge in [0.25, 0.3) is 0 Å². The third-order valence-electron chi connectivity index (χ3n) is 4.82. The van der Waals surface area contributed by atoms with Crippen LogP contribution in [-0.2, 0) is 4.79 Å². The van der Waals surface area contributed by atoms with Crippen LogP contribution in [-0.4, -0.2) is 32.6 Å². The van der Waals surface area contributed by atoms with Crippen LogP contribution >= 0.6 is 0 Å². The Morgan fingerprint density at radius 3 is 2.57 bits per heavy atom. The van der Waals surface area contributed by atoms with Crippen LogP contribution in [0.5, 0.6) is 11.5 Å². The number of nitrogens with zero attached hydrogens (tertiary/aromatic N) is 2. The quantitative estimate of drug-likeness (QED) is 0.551. The van der Waals surface area contributed by atoms with E-state index in [1.54, 1.807) is 42.5 Å². The summed E-state index contributed by atoms with van der Waals surface area (Å²) < 4.78 is 5.95. The van der Waals surface area contributed by atoms with Crippen LogP contribution in [0, 0.1) is 5.92 Å². The maximum Gasteiger partial charge on any atom is 0.412 e. The smallest absolute Gasteiger partial charge is 0.412 e. The van der Waals surface area contributed by atoms with Crippen molar-refractivity contribution >= 4 is 34.7 Å². The zero-order valence-electron chi connectivity index (χ0n) is 17.1. The van der Waals surface area contributed by atoms with E-state index in [9.17, 15) is 14.7 Å². The summed E-state index contributed by atoms with van der Waals surface area (Å²) in [5.74, 6) is 1.60. The van der Waals surface area contributed by atoms with Gasteiger partial charge in [0.1, 0.15) is 11.5 Å². The van der Waals surface area contributed by atoms with Crippen LogP contribution in [0.3, 0.4) is 0 Å². The van der Waals surface area contributed by atoms with E-state index in [-0.39, 0.29) is 11.8 Å². The fraction of sp³-hybridized carbons (Fsp3) is 0.318. The zero-order valence-corrected chi connectivity index (χ0v) is 17.1. The largest absolute Gasteiger partial charge is 0.465 e. The molecular formula is C22H24N4O4. The lowest BCUT2D eigenvalue weighted by molar-refractivity contribution is -0.117. The number of hydrogen-bond acceptors (Lipinski definition) is 4. The van der Waals surface area contributed by atoms with Crippen molar-refractivity contribution < 1.29 is 19.4 Å². The summed E-state index contributed by atoms with van der Waals surface area (Å²) in [6.45, 7) is 5.50. The van der Waals surface area contributed by atoms with Crippen LogP contribution in [0.4, 0.5) is 16.4 Å². The first-order valence-electron chi connectivity index (χ1n) is 9.82. The van der Waals surface area contributed by atoms with Gasteiger partial charge >= 0.3 is 6.09 Å². The molecule has 0 radical (unpaired) electrons. The van der Waals surface area contributed by atoms with Crippen molar-refractivity contribution in [3.63, 3.8) is 0 Å². The normalized spacial score (nSPS) is 13.8. The lowest BCUT2D eigenvalue weighted by Crippen LogP contribution is -2.45. The first-order chi connectivity index (χ1) is 14.2. The number of carbonyl (C=O) groups is 2. The van der Waals surface area contributed by atoms with Gasteiger partial charge in [-0.05, 0) is 57.9 Å². The number of fused-ring (bicyclic) bond motifs is 1. The summed E-state index contributed by atoms with van der Waals surface area (Å²) in [7, 11) is 0.